The summed E-state index contributed by atoms with van der Waals surface area (Å²) in [7, 11) is -5.39. The maximum absolute atomic E-state index is 8.55. The van der Waals surface area contributed by atoms with Gasteiger partial charge in [0.1, 0.15) is 16.6 Å². The molecule has 0 aromatic heterocycles. The predicted molar refractivity (Wildman–Crippen MR) is 462 cm³/mol. The highest BCUT2D eigenvalue weighted by atomic mass is 31.2. The van der Waals surface area contributed by atoms with Crippen molar-refractivity contribution in [2.45, 2.75) is 350 Å². The number of benzene rings is 6. The molecule has 6 aromatic carbocycles. The fourth-order valence-corrected chi connectivity index (χ4v) is 22.7. The van der Waals surface area contributed by atoms with Gasteiger partial charge in [0.15, 0.2) is 0 Å². The molecular formula is C99H162N3O4P. The van der Waals surface area contributed by atoms with Gasteiger partial charge in [-0.05, 0) is 216 Å². The number of rotatable bonds is 45. The van der Waals surface area contributed by atoms with Gasteiger partial charge < -0.3 is 32.7 Å². The first-order valence-electron chi connectivity index (χ1n) is 43.3. The Labute approximate surface area is 661 Å². The topological polar surface area (TPSA) is 86.2 Å². The number of hydrogen-bond acceptors (Lipinski definition) is 4. The molecule has 0 aliphatic rings. The van der Waals surface area contributed by atoms with Crippen molar-refractivity contribution in [1.82, 2.24) is 0 Å². The smallest absolute Gasteiger partial charge is 0.118 e. The Morgan fingerprint density at radius 2 is 0.374 bits per heavy atom. The third kappa shape index (κ3) is 21.8. The molecule has 6 aromatic rings. The van der Waals surface area contributed by atoms with E-state index >= 15 is 0 Å². The maximum atomic E-state index is 8.55. The van der Waals surface area contributed by atoms with Crippen LogP contribution in [0.25, 0.3) is 0 Å². The second kappa shape index (κ2) is 44.5. The molecule has 0 saturated heterocycles. The molecule has 0 radical (unpaired) electrons. The third-order valence-electron chi connectivity index (χ3n) is 28.2. The fourth-order valence-electron chi connectivity index (χ4n) is 22.7. The van der Waals surface area contributed by atoms with Gasteiger partial charge >= 0.3 is 0 Å². The lowest BCUT2D eigenvalue weighted by molar-refractivity contribution is -0.984. The SMILES string of the molecule is CCCCCC[N+](CC)(CC)C(CCCC)(C(C)(C)c1ccccc1)C(C)(C)c1ccccc1.CCCCCC[N+](CC)(CC)C(CCCC)(C(C)(C)c1ccccc1)C(C)(C)c1ccccc1.CCCCCC[N+](CC)(CC)C(CCCC)(C(C)(C)c1ccccc1)C(C)(C)c1ccccc1.O=P([O-])([O-])[O-]. The van der Waals surface area contributed by atoms with Crippen molar-refractivity contribution in [3.63, 3.8) is 0 Å². The van der Waals surface area contributed by atoms with Crippen molar-refractivity contribution in [2.75, 3.05) is 58.9 Å². The second-order valence-electron chi connectivity index (χ2n) is 35.0. The van der Waals surface area contributed by atoms with Crippen LogP contribution in [0.4, 0.5) is 0 Å². The summed E-state index contributed by atoms with van der Waals surface area (Å²) in [6, 6.07) is 68.6. The molecule has 0 amide bonds. The normalized spacial score (nSPS) is 13.2. The summed E-state index contributed by atoms with van der Waals surface area (Å²) < 4.78 is 12.1. The molecule has 602 valence electrons. The highest BCUT2D eigenvalue weighted by Gasteiger charge is 2.69. The van der Waals surface area contributed by atoms with Crippen molar-refractivity contribution >= 4 is 7.82 Å². The van der Waals surface area contributed by atoms with Crippen LogP contribution in [0.15, 0.2) is 182 Å². The van der Waals surface area contributed by atoms with Crippen LogP contribution in [0.1, 0.15) is 334 Å². The first-order chi connectivity index (χ1) is 50.6. The summed E-state index contributed by atoms with van der Waals surface area (Å²) in [5, 5.41) is 0. The molecule has 8 heteroatoms. The quantitative estimate of drug-likeness (QED) is 0.0217. The lowest BCUT2D eigenvalue weighted by Crippen LogP contribution is -2.78. The molecule has 0 aliphatic carbocycles. The molecular weight excluding hydrogens is 1330 g/mol. The molecule has 7 nitrogen and oxygen atoms in total. The van der Waals surface area contributed by atoms with E-state index in [1.165, 1.54) is 241 Å². The molecule has 0 N–H and O–H groups in total. The van der Waals surface area contributed by atoms with Crippen LogP contribution in [-0.2, 0) is 37.1 Å². The Balaban J connectivity index is 0.000000403. The number of hydrogen-bond donors (Lipinski definition) is 0. The summed E-state index contributed by atoms with van der Waals surface area (Å²) in [5.41, 5.74) is 9.03. The van der Waals surface area contributed by atoms with Crippen LogP contribution < -0.4 is 14.7 Å². The summed E-state index contributed by atoms with van der Waals surface area (Å²) in [6.07, 6.45) is 27.1. The lowest BCUT2D eigenvalue weighted by atomic mass is 9.50. The molecule has 107 heavy (non-hydrogen) atoms. The van der Waals surface area contributed by atoms with Gasteiger partial charge in [-0.3, -0.25) is 0 Å². The number of unbranched alkanes of at least 4 members (excludes halogenated alkanes) is 12. The highest BCUT2D eigenvalue weighted by molar-refractivity contribution is 7.40. The standard InChI is InChI=1S/3C33H54N.H3O4P/c3*1-9-13-15-22-28-34(11-3,12-4)33(27-14-10-2,31(5,6)29-23-18-16-19-24-29)32(7,8)30-25-20-17-21-26-30;1-5(2,3)4/h3*16-21,23-26H,9-15,22,27-28H2,1-8H3;(H3,1,2,3,4)/q3*+1;/p-3. The van der Waals surface area contributed by atoms with Gasteiger partial charge in [-0.1, -0.05) is 281 Å². The van der Waals surface area contributed by atoms with Crippen LogP contribution in [0.5, 0.6) is 0 Å². The van der Waals surface area contributed by atoms with Gasteiger partial charge in [0, 0.05) is 51.8 Å². The molecule has 0 spiro atoms. The van der Waals surface area contributed by atoms with Gasteiger partial charge in [0.25, 0.3) is 0 Å². The zero-order valence-electron chi connectivity index (χ0n) is 73.5. The van der Waals surface area contributed by atoms with Gasteiger partial charge in [-0.15, -0.1) is 0 Å². The van der Waals surface area contributed by atoms with Crippen LogP contribution in [0.2, 0.25) is 0 Å². The van der Waals surface area contributed by atoms with E-state index in [1.54, 1.807) is 0 Å². The fraction of sp³-hybridized carbons (Fsp3) is 0.636. The minimum Gasteiger partial charge on any atom is -0.822 e. The summed E-state index contributed by atoms with van der Waals surface area (Å²) >= 11 is 0. The number of quaternary nitrogens is 3. The number of likely N-dealkylation sites (N-methyl/N-ethyl adjacent to an activating group) is 3. The zero-order chi connectivity index (χ0) is 80.4. The molecule has 0 bridgehead atoms. The van der Waals surface area contributed by atoms with Gasteiger partial charge in [0.05, 0.1) is 58.9 Å². The van der Waals surface area contributed by atoms with Gasteiger partial charge in [-0.25, -0.2) is 0 Å². The van der Waals surface area contributed by atoms with E-state index in [2.05, 4.69) is 348 Å². The molecule has 0 heterocycles. The van der Waals surface area contributed by atoms with Crippen molar-refractivity contribution in [3.05, 3.63) is 215 Å². The molecule has 0 atom stereocenters. The Hall–Kier alpha value is -4.69. The van der Waals surface area contributed by atoms with Crippen LogP contribution in [0.3, 0.4) is 0 Å². The van der Waals surface area contributed by atoms with Crippen molar-refractivity contribution in [2.24, 2.45) is 0 Å². The average Bonchev–Trinajstić information content (AvgIpc) is 0.707. The van der Waals surface area contributed by atoms with E-state index in [0.717, 1.165) is 0 Å². The van der Waals surface area contributed by atoms with Crippen LogP contribution in [-0.4, -0.2) is 89.0 Å². The number of nitrogens with zero attached hydrogens (tertiary/aromatic N) is 3. The van der Waals surface area contributed by atoms with E-state index in [4.69, 9.17) is 19.2 Å². The Morgan fingerprint density at radius 3 is 0.495 bits per heavy atom. The maximum Gasteiger partial charge on any atom is 0.118 e. The Bertz CT molecular complexity index is 2820. The van der Waals surface area contributed by atoms with Crippen molar-refractivity contribution < 1.29 is 32.7 Å². The van der Waals surface area contributed by atoms with Gasteiger partial charge in [-0.2, -0.15) is 7.82 Å². The third-order valence-corrected chi connectivity index (χ3v) is 28.2. The van der Waals surface area contributed by atoms with Crippen LogP contribution in [0, 0.1) is 0 Å². The first kappa shape index (κ1) is 96.5. The van der Waals surface area contributed by atoms with Crippen molar-refractivity contribution in [3.8, 4) is 0 Å². The summed E-state index contributed by atoms with van der Waals surface area (Å²) in [6.45, 7) is 70.5. The first-order valence-corrected chi connectivity index (χ1v) is 44.7. The molecule has 0 unspecified atom stereocenters. The molecule has 0 fully saturated rings. The zero-order valence-corrected chi connectivity index (χ0v) is 74.3. The van der Waals surface area contributed by atoms with Crippen molar-refractivity contribution in [1.29, 1.82) is 0 Å². The summed E-state index contributed by atoms with van der Waals surface area (Å²) in [5.74, 6) is 0. The van der Waals surface area contributed by atoms with E-state index in [1.807, 2.05) is 0 Å². The minimum atomic E-state index is -5.39. The lowest BCUT2D eigenvalue weighted by Gasteiger charge is -2.66. The van der Waals surface area contributed by atoms with E-state index < -0.39 is 7.82 Å². The summed E-state index contributed by atoms with van der Waals surface area (Å²) in [4.78, 5) is 25.6. The minimum absolute atomic E-state index is 0.000449. The molecule has 0 aliphatic heterocycles. The van der Waals surface area contributed by atoms with E-state index in [-0.39, 0.29) is 49.1 Å². The van der Waals surface area contributed by atoms with Gasteiger partial charge in [0.2, 0.25) is 0 Å². The Morgan fingerprint density at radius 1 is 0.234 bits per heavy atom. The average molecular weight is 1490 g/mol. The largest absolute Gasteiger partial charge is 0.822 e. The van der Waals surface area contributed by atoms with E-state index in [9.17, 15) is 0 Å². The highest BCUT2D eigenvalue weighted by Crippen LogP contribution is 2.61. The Kier molecular flexibility index (Phi) is 40.2. The second-order valence-corrected chi connectivity index (χ2v) is 35.9. The predicted octanol–water partition coefficient (Wildman–Crippen LogP) is 25.1. The monoisotopic (exact) mass is 1490 g/mol. The number of phosphoric acid groups is 1. The van der Waals surface area contributed by atoms with Crippen LogP contribution >= 0.6 is 7.82 Å². The molecule has 6 rings (SSSR count). The van der Waals surface area contributed by atoms with E-state index in [0.29, 0.717) is 0 Å². The molecule has 0 saturated carbocycles.